The minimum absolute atomic E-state index is 0. The second-order valence-corrected chi connectivity index (χ2v) is 8.54. The highest BCUT2D eigenvalue weighted by molar-refractivity contribution is 5.86. The van der Waals surface area contributed by atoms with Crippen molar-refractivity contribution in [3.05, 3.63) is 100 Å². The van der Waals surface area contributed by atoms with Gasteiger partial charge < -0.3 is 5.21 Å². The van der Waals surface area contributed by atoms with Gasteiger partial charge in [-0.1, -0.05) is 60.7 Å². The first-order valence-corrected chi connectivity index (χ1v) is 11.5. The van der Waals surface area contributed by atoms with Crippen LogP contribution in [-0.2, 0) is 0 Å². The molecule has 0 atom stereocenters. The summed E-state index contributed by atoms with van der Waals surface area (Å²) in [6.07, 6.45) is 0. The Morgan fingerprint density at radius 2 is 1.42 bits per heavy atom. The van der Waals surface area contributed by atoms with Crippen LogP contribution < -0.4 is 5.36 Å². The first kappa shape index (κ1) is 31.5. The molecule has 1 fully saturated rings. The molecule has 9 heteroatoms. The molecule has 1 aliphatic rings. The maximum absolute atomic E-state index is 10.0. The Balaban J connectivity index is 0.00000216. The number of rotatable bonds is 6. The average Bonchev–Trinajstić information content (AvgIpc) is 2.85. The van der Waals surface area contributed by atoms with E-state index in [0.717, 1.165) is 37.5 Å². The highest BCUT2D eigenvalue weighted by Gasteiger charge is 2.26. The van der Waals surface area contributed by atoms with Gasteiger partial charge in [0.05, 0.1) is 34.9 Å². The van der Waals surface area contributed by atoms with Gasteiger partial charge in [-0.05, 0) is 31.0 Å². The van der Waals surface area contributed by atoms with E-state index in [-0.39, 0.29) is 43.3 Å². The smallest absolute Gasteiger partial charge is 0.103 e. The summed E-state index contributed by atoms with van der Waals surface area (Å²) in [5.74, 6) is 0. The predicted molar refractivity (Wildman–Crippen MR) is 151 cm³/mol. The van der Waals surface area contributed by atoms with E-state index in [1.54, 1.807) is 13.0 Å². The Hall–Kier alpha value is -2.53. The van der Waals surface area contributed by atoms with Gasteiger partial charge in [-0.3, -0.25) is 14.8 Å². The lowest BCUT2D eigenvalue weighted by Crippen LogP contribution is -2.48. The third kappa shape index (κ3) is 7.25. The molecule has 2 heterocycles. The van der Waals surface area contributed by atoms with Crippen LogP contribution in [0.4, 0.5) is 0 Å². The van der Waals surface area contributed by atoms with Gasteiger partial charge in [0.1, 0.15) is 6.07 Å². The minimum Gasteiger partial charge on any atom is -0.428 e. The summed E-state index contributed by atoms with van der Waals surface area (Å²) >= 11 is 0. The molecule has 0 saturated carbocycles. The Morgan fingerprint density at radius 1 is 0.889 bits per heavy atom. The SMILES string of the molecule is Cc1cc(=NCCN2CCN(C(c3ccccc3)c3ccccc3)CC2)c(C#N)c(C)n1O.Cl.Cl.Cl. The third-order valence-electron chi connectivity index (χ3n) is 6.43. The summed E-state index contributed by atoms with van der Waals surface area (Å²) in [6.45, 7) is 8.98. The van der Waals surface area contributed by atoms with E-state index in [4.69, 9.17) is 0 Å². The number of pyridine rings is 1. The van der Waals surface area contributed by atoms with Crippen molar-refractivity contribution in [2.24, 2.45) is 4.99 Å². The van der Waals surface area contributed by atoms with Gasteiger partial charge in [0.25, 0.3) is 0 Å². The first-order chi connectivity index (χ1) is 16.1. The van der Waals surface area contributed by atoms with Crippen molar-refractivity contribution in [3.8, 4) is 6.07 Å². The fourth-order valence-electron chi connectivity index (χ4n) is 4.59. The normalized spacial score (nSPS) is 14.3. The quantitative estimate of drug-likeness (QED) is 0.448. The van der Waals surface area contributed by atoms with E-state index in [9.17, 15) is 10.5 Å². The summed E-state index contributed by atoms with van der Waals surface area (Å²) in [6, 6.07) is 25.7. The molecule has 1 aliphatic heterocycles. The number of nitrogens with zero attached hydrogens (tertiary/aromatic N) is 5. The highest BCUT2D eigenvalue weighted by Crippen LogP contribution is 2.29. The highest BCUT2D eigenvalue weighted by atomic mass is 35.5. The van der Waals surface area contributed by atoms with E-state index >= 15 is 0 Å². The lowest BCUT2D eigenvalue weighted by atomic mass is 9.96. The maximum Gasteiger partial charge on any atom is 0.103 e. The zero-order valence-corrected chi connectivity index (χ0v) is 23.0. The van der Waals surface area contributed by atoms with Crippen LogP contribution in [0.2, 0.25) is 0 Å². The van der Waals surface area contributed by atoms with E-state index < -0.39 is 0 Å². The fourth-order valence-corrected chi connectivity index (χ4v) is 4.59. The van der Waals surface area contributed by atoms with Crippen LogP contribution in [-0.4, -0.2) is 59.0 Å². The zero-order chi connectivity index (χ0) is 23.2. The van der Waals surface area contributed by atoms with Crippen molar-refractivity contribution < 1.29 is 5.21 Å². The van der Waals surface area contributed by atoms with E-state index in [0.29, 0.717) is 28.9 Å². The number of aryl methyl sites for hydroxylation is 1. The molecule has 6 nitrogen and oxygen atoms in total. The molecular weight excluding hydrogens is 517 g/mol. The standard InChI is InChI=1S/C27H31N5O.3ClH/c1-21-19-26(25(20-28)22(2)32(21)33)29-13-14-30-15-17-31(18-16-30)27(23-9-5-3-6-10-23)24-11-7-4-8-12-24;;;/h3-12,19,27,33H,13-18H2,1-2H3;3*1H. The van der Waals surface area contributed by atoms with Crippen molar-refractivity contribution in [3.63, 3.8) is 0 Å². The van der Waals surface area contributed by atoms with E-state index in [2.05, 4.69) is 81.5 Å². The number of nitriles is 1. The lowest BCUT2D eigenvalue weighted by molar-refractivity contribution is 0.111. The average molecular weight is 551 g/mol. The minimum atomic E-state index is 0. The molecule has 3 aromatic rings. The molecule has 36 heavy (non-hydrogen) atoms. The number of halogens is 3. The Morgan fingerprint density at radius 3 is 1.92 bits per heavy atom. The molecule has 4 rings (SSSR count). The van der Waals surface area contributed by atoms with Crippen molar-refractivity contribution in [1.29, 1.82) is 5.26 Å². The van der Waals surface area contributed by atoms with Crippen LogP contribution in [0.5, 0.6) is 0 Å². The Kier molecular flexibility index (Phi) is 13.0. The van der Waals surface area contributed by atoms with Gasteiger partial charge >= 0.3 is 0 Å². The molecule has 1 saturated heterocycles. The molecule has 1 aromatic heterocycles. The molecule has 0 amide bonds. The molecule has 0 unspecified atom stereocenters. The molecule has 0 radical (unpaired) electrons. The molecule has 2 aromatic carbocycles. The van der Waals surface area contributed by atoms with Gasteiger partial charge in [-0.2, -0.15) is 9.99 Å². The second-order valence-electron chi connectivity index (χ2n) is 8.54. The number of piperazine rings is 1. The second kappa shape index (κ2) is 14.9. The lowest BCUT2D eigenvalue weighted by Gasteiger charge is -2.39. The van der Waals surface area contributed by atoms with Crippen LogP contribution in [0.3, 0.4) is 0 Å². The largest absolute Gasteiger partial charge is 0.428 e. The molecule has 0 bridgehead atoms. The number of benzene rings is 2. The van der Waals surface area contributed by atoms with Crippen molar-refractivity contribution >= 4 is 37.2 Å². The van der Waals surface area contributed by atoms with Gasteiger partial charge in [-0.15, -0.1) is 37.2 Å². The number of aromatic nitrogens is 1. The fraction of sp³-hybridized carbons (Fsp3) is 0.333. The summed E-state index contributed by atoms with van der Waals surface area (Å²) in [5, 5.41) is 20.2. The van der Waals surface area contributed by atoms with Crippen LogP contribution in [0.25, 0.3) is 0 Å². The zero-order valence-electron chi connectivity index (χ0n) is 20.6. The summed E-state index contributed by atoms with van der Waals surface area (Å²) in [4.78, 5) is 9.68. The summed E-state index contributed by atoms with van der Waals surface area (Å²) in [7, 11) is 0. The Bertz CT molecular complexity index is 1150. The summed E-state index contributed by atoms with van der Waals surface area (Å²) < 4.78 is 1.05. The van der Waals surface area contributed by atoms with Crippen molar-refractivity contribution in [2.45, 2.75) is 19.9 Å². The van der Waals surface area contributed by atoms with Crippen molar-refractivity contribution in [1.82, 2.24) is 14.5 Å². The van der Waals surface area contributed by atoms with Gasteiger partial charge in [0.15, 0.2) is 0 Å². The van der Waals surface area contributed by atoms with E-state index in [1.807, 2.05) is 6.92 Å². The molecule has 0 aliphatic carbocycles. The van der Waals surface area contributed by atoms with Crippen LogP contribution >= 0.6 is 37.2 Å². The first-order valence-electron chi connectivity index (χ1n) is 11.5. The molecular formula is C27H34Cl3N5O. The number of hydrogen-bond donors (Lipinski definition) is 1. The van der Waals surface area contributed by atoms with Crippen molar-refractivity contribution in [2.75, 3.05) is 39.3 Å². The molecule has 0 spiro atoms. The molecule has 194 valence electrons. The third-order valence-corrected chi connectivity index (χ3v) is 6.43. The van der Waals surface area contributed by atoms with Gasteiger partial charge in [0, 0.05) is 32.7 Å². The van der Waals surface area contributed by atoms with Crippen LogP contribution in [0.1, 0.15) is 34.1 Å². The number of hydrogen-bond acceptors (Lipinski definition) is 5. The van der Waals surface area contributed by atoms with Crippen LogP contribution in [0.15, 0.2) is 71.7 Å². The molecule has 1 N–H and O–H groups in total. The van der Waals surface area contributed by atoms with E-state index in [1.165, 1.54) is 11.1 Å². The van der Waals surface area contributed by atoms with Gasteiger partial charge in [-0.25, -0.2) is 0 Å². The topological polar surface area (TPSA) is 67.8 Å². The summed E-state index contributed by atoms with van der Waals surface area (Å²) in [5.41, 5.74) is 4.28. The predicted octanol–water partition coefficient (Wildman–Crippen LogP) is 4.79. The maximum atomic E-state index is 10.0. The van der Waals surface area contributed by atoms with Gasteiger partial charge in [0.2, 0.25) is 0 Å². The Labute approximate surface area is 232 Å². The van der Waals surface area contributed by atoms with Crippen LogP contribution in [0, 0.1) is 25.2 Å². The monoisotopic (exact) mass is 549 g/mol.